The van der Waals surface area contributed by atoms with E-state index in [1.54, 1.807) is 0 Å². The minimum Gasteiger partial charge on any atom is -0.491 e. The molecule has 3 heteroatoms. The topological polar surface area (TPSA) is 21.3 Å². The Morgan fingerprint density at radius 2 is 2.00 bits per heavy atom. The number of nitrogens with one attached hydrogen (secondary N) is 1. The van der Waals surface area contributed by atoms with Crippen molar-refractivity contribution in [1.29, 1.82) is 0 Å². The molecule has 88 valence electrons. The van der Waals surface area contributed by atoms with Crippen LogP contribution in [0.5, 0.6) is 5.75 Å². The molecule has 0 amide bonds. The average molecular weight is 237 g/mol. The van der Waals surface area contributed by atoms with E-state index in [4.69, 9.17) is 4.74 Å². The number of ether oxygens (including phenoxy) is 1. The van der Waals surface area contributed by atoms with E-state index in [-0.39, 0.29) is 6.10 Å². The molecule has 1 aromatic carbocycles. The minimum atomic E-state index is 0.245. The SMILES string of the molecule is CC(C)Oc1ccc(SCNC2CC2)cc1. The molecular formula is C13H19NOS. The first-order valence-corrected chi connectivity index (χ1v) is 6.85. The summed E-state index contributed by atoms with van der Waals surface area (Å²) in [5.41, 5.74) is 0. The fraction of sp³-hybridized carbons (Fsp3) is 0.538. The Morgan fingerprint density at radius 3 is 2.56 bits per heavy atom. The van der Waals surface area contributed by atoms with Crippen LogP contribution in [-0.2, 0) is 0 Å². The van der Waals surface area contributed by atoms with Gasteiger partial charge in [-0.15, -0.1) is 11.8 Å². The number of benzene rings is 1. The quantitative estimate of drug-likeness (QED) is 0.606. The van der Waals surface area contributed by atoms with E-state index in [0.29, 0.717) is 0 Å². The van der Waals surface area contributed by atoms with Gasteiger partial charge in [0.05, 0.1) is 6.10 Å². The highest BCUT2D eigenvalue weighted by Gasteiger charge is 2.19. The van der Waals surface area contributed by atoms with Crippen LogP contribution < -0.4 is 10.1 Å². The van der Waals surface area contributed by atoms with Gasteiger partial charge in [0, 0.05) is 16.8 Å². The molecule has 0 radical (unpaired) electrons. The van der Waals surface area contributed by atoms with Gasteiger partial charge in [0.2, 0.25) is 0 Å². The fourth-order valence-electron chi connectivity index (χ4n) is 1.42. The molecule has 0 heterocycles. The lowest BCUT2D eigenvalue weighted by Crippen LogP contribution is -2.14. The summed E-state index contributed by atoms with van der Waals surface area (Å²) in [7, 11) is 0. The first-order valence-electron chi connectivity index (χ1n) is 5.87. The molecule has 0 bridgehead atoms. The van der Waals surface area contributed by atoms with E-state index >= 15 is 0 Å². The van der Waals surface area contributed by atoms with Crippen molar-refractivity contribution in [3.63, 3.8) is 0 Å². The standard InChI is InChI=1S/C13H19NOS/c1-10(2)15-12-5-7-13(8-6-12)16-9-14-11-3-4-11/h5-8,10-11,14H,3-4,9H2,1-2H3. The van der Waals surface area contributed by atoms with Crippen molar-refractivity contribution in [2.75, 3.05) is 5.88 Å². The Balaban J connectivity index is 1.76. The van der Waals surface area contributed by atoms with Crippen molar-refractivity contribution in [2.45, 2.75) is 43.7 Å². The highest BCUT2D eigenvalue weighted by atomic mass is 32.2. The van der Waals surface area contributed by atoms with Crippen LogP contribution in [0.15, 0.2) is 29.2 Å². The lowest BCUT2D eigenvalue weighted by Gasteiger charge is -2.10. The Labute approximate surface area is 102 Å². The molecular weight excluding hydrogens is 218 g/mol. The second kappa shape index (κ2) is 5.60. The van der Waals surface area contributed by atoms with Crippen LogP contribution >= 0.6 is 11.8 Å². The lowest BCUT2D eigenvalue weighted by molar-refractivity contribution is 0.242. The van der Waals surface area contributed by atoms with Gasteiger partial charge in [-0.25, -0.2) is 0 Å². The lowest BCUT2D eigenvalue weighted by atomic mass is 10.3. The van der Waals surface area contributed by atoms with E-state index in [1.807, 2.05) is 37.7 Å². The highest BCUT2D eigenvalue weighted by Crippen LogP contribution is 2.24. The predicted molar refractivity (Wildman–Crippen MR) is 69.1 cm³/mol. The molecule has 0 atom stereocenters. The average Bonchev–Trinajstić information content (AvgIpc) is 3.04. The van der Waals surface area contributed by atoms with Crippen LogP contribution in [0.2, 0.25) is 0 Å². The zero-order valence-corrected chi connectivity index (χ0v) is 10.7. The molecule has 2 rings (SSSR count). The van der Waals surface area contributed by atoms with Crippen molar-refractivity contribution in [1.82, 2.24) is 5.32 Å². The highest BCUT2D eigenvalue weighted by molar-refractivity contribution is 7.99. The molecule has 1 aliphatic rings. The van der Waals surface area contributed by atoms with Crippen molar-refractivity contribution >= 4 is 11.8 Å². The Morgan fingerprint density at radius 1 is 1.31 bits per heavy atom. The number of thioether (sulfide) groups is 1. The first-order chi connectivity index (χ1) is 7.74. The first kappa shape index (κ1) is 11.8. The van der Waals surface area contributed by atoms with Crippen molar-refractivity contribution < 1.29 is 4.74 Å². The summed E-state index contributed by atoms with van der Waals surface area (Å²) >= 11 is 1.85. The van der Waals surface area contributed by atoms with E-state index in [0.717, 1.165) is 17.7 Å². The number of rotatable bonds is 6. The molecule has 1 N–H and O–H groups in total. The van der Waals surface area contributed by atoms with Crippen molar-refractivity contribution in [3.05, 3.63) is 24.3 Å². The Kier molecular flexibility index (Phi) is 4.13. The second-order valence-corrected chi connectivity index (χ2v) is 5.45. The summed E-state index contributed by atoms with van der Waals surface area (Å²) in [6.07, 6.45) is 2.94. The molecule has 0 spiro atoms. The maximum Gasteiger partial charge on any atom is 0.119 e. The monoisotopic (exact) mass is 237 g/mol. The van der Waals surface area contributed by atoms with Crippen LogP contribution in [-0.4, -0.2) is 18.0 Å². The van der Waals surface area contributed by atoms with Gasteiger partial charge in [-0.05, 0) is 51.0 Å². The van der Waals surface area contributed by atoms with E-state index in [1.165, 1.54) is 17.7 Å². The summed E-state index contributed by atoms with van der Waals surface area (Å²) in [5, 5.41) is 3.48. The van der Waals surface area contributed by atoms with E-state index in [2.05, 4.69) is 17.4 Å². The second-order valence-electron chi connectivity index (χ2n) is 4.41. The third-order valence-corrected chi connectivity index (χ3v) is 3.30. The van der Waals surface area contributed by atoms with Crippen LogP contribution in [0.1, 0.15) is 26.7 Å². The fourth-order valence-corrected chi connectivity index (χ4v) is 2.23. The largest absolute Gasteiger partial charge is 0.491 e. The van der Waals surface area contributed by atoms with Crippen molar-refractivity contribution in [3.8, 4) is 5.75 Å². The Hall–Kier alpha value is -0.670. The van der Waals surface area contributed by atoms with Gasteiger partial charge in [0.15, 0.2) is 0 Å². The maximum atomic E-state index is 5.60. The number of hydrogen-bond acceptors (Lipinski definition) is 3. The molecule has 16 heavy (non-hydrogen) atoms. The minimum absolute atomic E-state index is 0.245. The van der Waals surface area contributed by atoms with Gasteiger partial charge in [-0.3, -0.25) is 0 Å². The molecule has 0 saturated heterocycles. The van der Waals surface area contributed by atoms with E-state index in [9.17, 15) is 0 Å². The maximum absolute atomic E-state index is 5.60. The third kappa shape index (κ3) is 4.06. The van der Waals surface area contributed by atoms with Gasteiger partial charge >= 0.3 is 0 Å². The van der Waals surface area contributed by atoms with Gasteiger partial charge in [0.1, 0.15) is 5.75 Å². The van der Waals surface area contributed by atoms with Gasteiger partial charge in [-0.1, -0.05) is 0 Å². The molecule has 2 nitrogen and oxygen atoms in total. The number of hydrogen-bond donors (Lipinski definition) is 1. The van der Waals surface area contributed by atoms with Gasteiger partial charge < -0.3 is 10.1 Å². The molecule has 0 aromatic heterocycles. The van der Waals surface area contributed by atoms with Crippen LogP contribution in [0.4, 0.5) is 0 Å². The predicted octanol–water partition coefficient (Wildman–Crippen LogP) is 3.28. The molecule has 1 aromatic rings. The van der Waals surface area contributed by atoms with Crippen molar-refractivity contribution in [2.24, 2.45) is 0 Å². The summed E-state index contributed by atoms with van der Waals surface area (Å²) in [6, 6.07) is 9.11. The van der Waals surface area contributed by atoms with Crippen LogP contribution in [0.3, 0.4) is 0 Å². The zero-order valence-electron chi connectivity index (χ0n) is 9.90. The van der Waals surface area contributed by atoms with Gasteiger partial charge in [-0.2, -0.15) is 0 Å². The molecule has 1 fully saturated rings. The Bertz CT molecular complexity index is 319. The molecule has 1 saturated carbocycles. The smallest absolute Gasteiger partial charge is 0.119 e. The zero-order chi connectivity index (χ0) is 11.4. The summed E-state index contributed by atoms with van der Waals surface area (Å²) < 4.78 is 5.60. The summed E-state index contributed by atoms with van der Waals surface area (Å²) in [4.78, 5) is 1.30. The summed E-state index contributed by atoms with van der Waals surface area (Å²) in [5.74, 6) is 1.96. The van der Waals surface area contributed by atoms with Gasteiger partial charge in [0.25, 0.3) is 0 Å². The molecule has 0 aliphatic heterocycles. The normalized spacial score (nSPS) is 15.4. The third-order valence-electron chi connectivity index (χ3n) is 2.38. The van der Waals surface area contributed by atoms with Crippen LogP contribution in [0.25, 0.3) is 0 Å². The molecule has 0 unspecified atom stereocenters. The van der Waals surface area contributed by atoms with Crippen LogP contribution in [0, 0.1) is 0 Å². The van der Waals surface area contributed by atoms with E-state index < -0.39 is 0 Å². The summed E-state index contributed by atoms with van der Waals surface area (Å²) in [6.45, 7) is 4.09. The molecule has 1 aliphatic carbocycles.